The number of aromatic nitrogens is 4. The summed E-state index contributed by atoms with van der Waals surface area (Å²) in [6, 6.07) is 5.78. The lowest BCUT2D eigenvalue weighted by molar-refractivity contribution is -0.115. The standard InChI is InChI=1S/C19H24N6O2/c1-25-19(23-18(24-25)12-6-8-20-9-7-12)22-16(26)10-13-11-21-14-4-3-5-15(27-2)17(13)14/h3-5,11-12,20-21H,6-10H2,1-2H3,(H,22,23,24,26). The molecule has 1 aliphatic heterocycles. The number of amides is 1. The minimum atomic E-state index is -0.130. The first-order valence-corrected chi connectivity index (χ1v) is 9.20. The first-order chi connectivity index (χ1) is 13.2. The molecule has 0 spiro atoms. The highest BCUT2D eigenvalue weighted by molar-refractivity contribution is 5.96. The number of piperidine rings is 1. The Bertz CT molecular complexity index is 954. The largest absolute Gasteiger partial charge is 0.496 e. The summed E-state index contributed by atoms with van der Waals surface area (Å²) in [5.74, 6) is 2.27. The van der Waals surface area contributed by atoms with Crippen LogP contribution in [-0.4, -0.2) is 45.9 Å². The maximum absolute atomic E-state index is 12.6. The second-order valence-corrected chi connectivity index (χ2v) is 6.86. The normalized spacial score (nSPS) is 15.2. The molecular formula is C19H24N6O2. The zero-order valence-electron chi connectivity index (χ0n) is 15.6. The number of methoxy groups -OCH3 is 1. The lowest BCUT2D eigenvalue weighted by atomic mass is 9.98. The number of rotatable bonds is 5. The first kappa shape index (κ1) is 17.5. The number of anilines is 1. The lowest BCUT2D eigenvalue weighted by Gasteiger charge is -2.19. The Labute approximate surface area is 157 Å². The Morgan fingerprint density at radius 3 is 2.96 bits per heavy atom. The van der Waals surface area contributed by atoms with Gasteiger partial charge in [-0.2, -0.15) is 10.1 Å². The fourth-order valence-electron chi connectivity index (χ4n) is 3.64. The number of ether oxygens (including phenoxy) is 1. The Morgan fingerprint density at radius 1 is 1.37 bits per heavy atom. The highest BCUT2D eigenvalue weighted by Crippen LogP contribution is 2.29. The van der Waals surface area contributed by atoms with Crippen LogP contribution in [0.4, 0.5) is 5.95 Å². The Kier molecular flexibility index (Phi) is 4.81. The molecule has 1 aromatic carbocycles. The van der Waals surface area contributed by atoms with Gasteiger partial charge in [-0.15, -0.1) is 0 Å². The molecule has 27 heavy (non-hydrogen) atoms. The maximum Gasteiger partial charge on any atom is 0.231 e. The minimum absolute atomic E-state index is 0.130. The number of nitrogens with one attached hydrogen (secondary N) is 3. The van der Waals surface area contributed by atoms with Gasteiger partial charge in [0.2, 0.25) is 11.9 Å². The summed E-state index contributed by atoms with van der Waals surface area (Å²) in [5, 5.41) is 11.7. The average Bonchev–Trinajstić information content (AvgIpc) is 3.26. The van der Waals surface area contributed by atoms with Crippen molar-refractivity contribution < 1.29 is 9.53 Å². The molecule has 0 unspecified atom stereocenters. The molecule has 3 heterocycles. The van der Waals surface area contributed by atoms with Gasteiger partial charge in [0.05, 0.1) is 13.5 Å². The second-order valence-electron chi connectivity index (χ2n) is 6.86. The summed E-state index contributed by atoms with van der Waals surface area (Å²) in [6.45, 7) is 1.96. The van der Waals surface area contributed by atoms with Gasteiger partial charge in [-0.25, -0.2) is 4.68 Å². The van der Waals surface area contributed by atoms with Crippen molar-refractivity contribution in [1.82, 2.24) is 25.1 Å². The number of H-pyrrole nitrogens is 1. The van der Waals surface area contributed by atoms with Gasteiger partial charge >= 0.3 is 0 Å². The van der Waals surface area contributed by atoms with Gasteiger partial charge in [0, 0.05) is 30.1 Å². The van der Waals surface area contributed by atoms with Crippen molar-refractivity contribution in [2.24, 2.45) is 7.05 Å². The smallest absolute Gasteiger partial charge is 0.231 e. The van der Waals surface area contributed by atoms with Crippen LogP contribution in [-0.2, 0) is 18.3 Å². The number of carbonyl (C=O) groups is 1. The molecule has 0 bridgehead atoms. The van der Waals surface area contributed by atoms with E-state index in [0.717, 1.165) is 54.0 Å². The number of aromatic amines is 1. The van der Waals surface area contributed by atoms with Gasteiger partial charge in [0.15, 0.2) is 5.82 Å². The molecule has 3 N–H and O–H groups in total. The zero-order valence-corrected chi connectivity index (χ0v) is 15.6. The molecule has 8 heteroatoms. The molecule has 0 radical (unpaired) electrons. The fraction of sp³-hybridized carbons (Fsp3) is 0.421. The SMILES string of the molecule is COc1cccc2[nH]cc(CC(=O)Nc3nc(C4CCNCC4)nn3C)c12. The second kappa shape index (κ2) is 7.40. The van der Waals surface area contributed by atoms with E-state index in [1.54, 1.807) is 11.8 Å². The Balaban J connectivity index is 1.49. The van der Waals surface area contributed by atoms with E-state index >= 15 is 0 Å². The van der Waals surface area contributed by atoms with Crippen LogP contribution >= 0.6 is 0 Å². The lowest BCUT2D eigenvalue weighted by Crippen LogP contribution is -2.27. The van der Waals surface area contributed by atoms with E-state index < -0.39 is 0 Å². The van der Waals surface area contributed by atoms with Crippen molar-refractivity contribution in [3.63, 3.8) is 0 Å². The molecule has 3 aromatic rings. The molecule has 1 amide bonds. The highest BCUT2D eigenvalue weighted by atomic mass is 16.5. The number of benzene rings is 1. The van der Waals surface area contributed by atoms with Crippen LogP contribution in [0.1, 0.15) is 30.1 Å². The molecule has 0 aliphatic carbocycles. The number of hydrogen-bond donors (Lipinski definition) is 3. The minimum Gasteiger partial charge on any atom is -0.496 e. The third kappa shape index (κ3) is 3.52. The number of nitrogens with zero attached hydrogens (tertiary/aromatic N) is 3. The summed E-state index contributed by atoms with van der Waals surface area (Å²) in [7, 11) is 3.44. The zero-order chi connectivity index (χ0) is 18.8. The van der Waals surface area contributed by atoms with Crippen LogP contribution < -0.4 is 15.4 Å². The molecule has 4 rings (SSSR count). The van der Waals surface area contributed by atoms with E-state index in [4.69, 9.17) is 4.74 Å². The topological polar surface area (TPSA) is 96.9 Å². The van der Waals surface area contributed by atoms with Crippen molar-refractivity contribution in [2.75, 3.05) is 25.5 Å². The van der Waals surface area contributed by atoms with Gasteiger partial charge < -0.3 is 15.0 Å². The quantitative estimate of drug-likeness (QED) is 0.640. The van der Waals surface area contributed by atoms with Crippen molar-refractivity contribution >= 4 is 22.8 Å². The molecule has 2 aromatic heterocycles. The molecule has 0 saturated carbocycles. The maximum atomic E-state index is 12.6. The van der Waals surface area contributed by atoms with Gasteiger partial charge in [-0.3, -0.25) is 10.1 Å². The van der Waals surface area contributed by atoms with Crippen LogP contribution in [0.25, 0.3) is 10.9 Å². The van der Waals surface area contributed by atoms with E-state index in [0.29, 0.717) is 11.9 Å². The van der Waals surface area contributed by atoms with Crippen LogP contribution in [0.5, 0.6) is 5.75 Å². The van der Waals surface area contributed by atoms with Crippen LogP contribution in [0.15, 0.2) is 24.4 Å². The number of hydrogen-bond acceptors (Lipinski definition) is 5. The highest BCUT2D eigenvalue weighted by Gasteiger charge is 2.21. The van der Waals surface area contributed by atoms with Crippen LogP contribution in [0.2, 0.25) is 0 Å². The fourth-order valence-corrected chi connectivity index (χ4v) is 3.64. The number of fused-ring (bicyclic) bond motifs is 1. The van der Waals surface area contributed by atoms with E-state index in [-0.39, 0.29) is 12.3 Å². The first-order valence-electron chi connectivity index (χ1n) is 9.20. The monoisotopic (exact) mass is 368 g/mol. The number of carbonyl (C=O) groups excluding carboxylic acids is 1. The van der Waals surface area contributed by atoms with Gasteiger partial charge in [-0.05, 0) is 43.6 Å². The number of aryl methyl sites for hydroxylation is 1. The van der Waals surface area contributed by atoms with Crippen molar-refractivity contribution in [3.05, 3.63) is 35.8 Å². The van der Waals surface area contributed by atoms with Crippen molar-refractivity contribution in [3.8, 4) is 5.75 Å². The summed E-state index contributed by atoms with van der Waals surface area (Å²) >= 11 is 0. The summed E-state index contributed by atoms with van der Waals surface area (Å²) in [5.41, 5.74) is 1.84. The van der Waals surface area contributed by atoms with Gasteiger partial charge in [-0.1, -0.05) is 6.07 Å². The molecule has 1 fully saturated rings. The van der Waals surface area contributed by atoms with E-state index in [2.05, 4.69) is 25.7 Å². The third-order valence-electron chi connectivity index (χ3n) is 5.06. The molecular weight excluding hydrogens is 344 g/mol. The van der Waals surface area contributed by atoms with E-state index in [9.17, 15) is 4.79 Å². The summed E-state index contributed by atoms with van der Waals surface area (Å²) < 4.78 is 7.08. The molecule has 142 valence electrons. The van der Waals surface area contributed by atoms with Crippen LogP contribution in [0, 0.1) is 0 Å². The van der Waals surface area contributed by atoms with Gasteiger partial charge in [0.1, 0.15) is 5.75 Å². The molecule has 8 nitrogen and oxygen atoms in total. The predicted octanol–water partition coefficient (Wildman–Crippen LogP) is 1.95. The Hall–Kier alpha value is -2.87. The summed E-state index contributed by atoms with van der Waals surface area (Å²) in [4.78, 5) is 20.4. The van der Waals surface area contributed by atoms with Crippen molar-refractivity contribution in [1.29, 1.82) is 0 Å². The average molecular weight is 368 g/mol. The van der Waals surface area contributed by atoms with E-state index in [1.165, 1.54) is 0 Å². The van der Waals surface area contributed by atoms with Crippen LogP contribution in [0.3, 0.4) is 0 Å². The molecule has 1 aliphatic rings. The van der Waals surface area contributed by atoms with Gasteiger partial charge in [0.25, 0.3) is 0 Å². The Morgan fingerprint density at radius 2 is 2.19 bits per heavy atom. The summed E-state index contributed by atoms with van der Waals surface area (Å²) in [6.07, 6.45) is 4.12. The molecule has 1 saturated heterocycles. The predicted molar refractivity (Wildman–Crippen MR) is 103 cm³/mol. The van der Waals surface area contributed by atoms with E-state index in [1.807, 2.05) is 31.4 Å². The third-order valence-corrected chi connectivity index (χ3v) is 5.06. The molecule has 0 atom stereocenters. The van der Waals surface area contributed by atoms with Crippen molar-refractivity contribution in [2.45, 2.75) is 25.2 Å².